The van der Waals surface area contributed by atoms with Gasteiger partial charge in [-0.2, -0.15) is 4.98 Å². The Kier molecular flexibility index (Phi) is 4.16. The molecule has 1 saturated carbocycles. The number of nitrogens with one attached hydrogen (secondary N) is 2. The van der Waals surface area contributed by atoms with E-state index in [-0.39, 0.29) is 17.4 Å². The Morgan fingerprint density at radius 1 is 1.17 bits per heavy atom. The molecule has 3 heterocycles. The van der Waals surface area contributed by atoms with Crippen molar-refractivity contribution in [2.45, 2.75) is 25.8 Å². The molecule has 2 N–H and O–H groups in total. The number of anilines is 1. The van der Waals surface area contributed by atoms with E-state index in [0.29, 0.717) is 5.95 Å². The number of carbonyl (C=O) groups excluding carboxylic acids is 1. The molecule has 0 bridgehead atoms. The number of carbonyl (C=O) groups is 1. The Bertz CT molecular complexity index is 1260. The highest BCUT2D eigenvalue weighted by Crippen LogP contribution is 2.43. The second-order valence-corrected chi connectivity index (χ2v) is 8.43. The topological polar surface area (TPSA) is 99.7 Å². The molecule has 1 aliphatic rings. The second-order valence-electron chi connectivity index (χ2n) is 8.43. The van der Waals surface area contributed by atoms with Crippen LogP contribution in [0.15, 0.2) is 43.0 Å². The zero-order chi connectivity index (χ0) is 20.9. The van der Waals surface area contributed by atoms with Gasteiger partial charge in [0.15, 0.2) is 0 Å². The molecule has 152 valence electrons. The molecule has 30 heavy (non-hydrogen) atoms. The van der Waals surface area contributed by atoms with Crippen molar-refractivity contribution >= 4 is 33.9 Å². The van der Waals surface area contributed by atoms with Crippen LogP contribution in [0.1, 0.15) is 19.8 Å². The first-order valence-corrected chi connectivity index (χ1v) is 9.96. The molecule has 1 fully saturated rings. The first-order chi connectivity index (χ1) is 14.4. The molecule has 4 aromatic rings. The fourth-order valence-electron chi connectivity index (χ4n) is 4.37. The van der Waals surface area contributed by atoms with Crippen LogP contribution in [0, 0.1) is 5.41 Å². The third-order valence-electron chi connectivity index (χ3n) is 5.86. The Hall–Kier alpha value is -3.55. The number of hydrogen-bond donors (Lipinski definition) is 2. The summed E-state index contributed by atoms with van der Waals surface area (Å²) < 4.78 is 0. The van der Waals surface area contributed by atoms with E-state index in [2.05, 4.69) is 30.2 Å². The molecule has 1 amide bonds. The van der Waals surface area contributed by atoms with Crippen LogP contribution in [0.5, 0.6) is 0 Å². The third kappa shape index (κ3) is 3.04. The number of aromatic nitrogens is 5. The highest BCUT2D eigenvalue weighted by Gasteiger charge is 2.47. The van der Waals surface area contributed by atoms with Crippen molar-refractivity contribution in [1.29, 1.82) is 0 Å². The molecule has 8 nitrogen and oxygen atoms in total. The van der Waals surface area contributed by atoms with Crippen LogP contribution >= 0.6 is 0 Å². The maximum absolute atomic E-state index is 12.3. The van der Waals surface area contributed by atoms with E-state index < -0.39 is 0 Å². The van der Waals surface area contributed by atoms with Crippen LogP contribution < -0.4 is 5.32 Å². The molecular weight excluding hydrogens is 378 g/mol. The summed E-state index contributed by atoms with van der Waals surface area (Å²) in [5.41, 5.74) is 4.25. The Morgan fingerprint density at radius 3 is 2.70 bits per heavy atom. The van der Waals surface area contributed by atoms with Crippen LogP contribution in [0.2, 0.25) is 0 Å². The van der Waals surface area contributed by atoms with Crippen molar-refractivity contribution in [2.24, 2.45) is 5.41 Å². The van der Waals surface area contributed by atoms with Crippen LogP contribution in [0.4, 0.5) is 5.95 Å². The number of H-pyrrole nitrogens is 1. The van der Waals surface area contributed by atoms with Gasteiger partial charge >= 0.3 is 0 Å². The molecule has 8 heteroatoms. The van der Waals surface area contributed by atoms with Crippen LogP contribution in [0.25, 0.3) is 33.2 Å². The number of amides is 1. The predicted octanol–water partition coefficient (Wildman–Crippen LogP) is 3.24. The summed E-state index contributed by atoms with van der Waals surface area (Å²) in [6.07, 6.45) is 8.72. The van der Waals surface area contributed by atoms with Gasteiger partial charge in [-0.05, 0) is 30.5 Å². The molecular formula is C22H23N7O. The Labute approximate surface area is 173 Å². The van der Waals surface area contributed by atoms with Gasteiger partial charge in [0.1, 0.15) is 5.65 Å². The fourth-order valence-corrected chi connectivity index (χ4v) is 4.37. The maximum Gasteiger partial charge on any atom is 0.228 e. The van der Waals surface area contributed by atoms with Crippen molar-refractivity contribution in [3.05, 3.63) is 43.0 Å². The van der Waals surface area contributed by atoms with E-state index in [0.717, 1.165) is 46.0 Å². The van der Waals surface area contributed by atoms with Crippen molar-refractivity contribution in [3.63, 3.8) is 0 Å². The Morgan fingerprint density at radius 2 is 1.93 bits per heavy atom. The average molecular weight is 401 g/mol. The quantitative estimate of drug-likeness (QED) is 0.545. The number of rotatable bonds is 4. The van der Waals surface area contributed by atoms with Gasteiger partial charge in [0.25, 0.3) is 0 Å². The first kappa shape index (κ1) is 18.5. The normalized spacial score (nSPS) is 20.8. The van der Waals surface area contributed by atoms with Gasteiger partial charge in [-0.3, -0.25) is 14.8 Å². The van der Waals surface area contributed by atoms with Gasteiger partial charge in [0.2, 0.25) is 11.9 Å². The molecule has 0 unspecified atom stereocenters. The molecule has 0 spiro atoms. The SMILES string of the molecule is CN(C)C(=O)C1(C)CC(Nc2ncc3c(-c4ccc5nccnc5c4)c[nH]c3n2)C1. The Balaban J connectivity index is 1.36. The molecule has 1 aromatic carbocycles. The summed E-state index contributed by atoms with van der Waals surface area (Å²) in [4.78, 5) is 35.1. The molecule has 0 radical (unpaired) electrons. The minimum Gasteiger partial charge on any atom is -0.351 e. The van der Waals surface area contributed by atoms with E-state index in [1.54, 1.807) is 31.4 Å². The summed E-state index contributed by atoms with van der Waals surface area (Å²) in [7, 11) is 3.60. The number of hydrogen-bond acceptors (Lipinski definition) is 6. The molecule has 0 saturated heterocycles. The van der Waals surface area contributed by atoms with Gasteiger partial charge < -0.3 is 15.2 Å². The fraction of sp³-hybridized carbons (Fsp3) is 0.318. The van der Waals surface area contributed by atoms with Gasteiger partial charge in [-0.25, -0.2) is 4.98 Å². The van der Waals surface area contributed by atoms with Crippen LogP contribution in [-0.4, -0.2) is 55.9 Å². The molecule has 0 aliphatic heterocycles. The van der Waals surface area contributed by atoms with E-state index >= 15 is 0 Å². The first-order valence-electron chi connectivity index (χ1n) is 9.96. The van der Waals surface area contributed by atoms with E-state index in [4.69, 9.17) is 0 Å². The van der Waals surface area contributed by atoms with E-state index in [9.17, 15) is 4.79 Å². The monoisotopic (exact) mass is 401 g/mol. The van der Waals surface area contributed by atoms with E-state index in [1.807, 2.05) is 37.5 Å². The molecule has 5 rings (SSSR count). The second kappa shape index (κ2) is 6.76. The highest BCUT2D eigenvalue weighted by atomic mass is 16.2. The van der Waals surface area contributed by atoms with Gasteiger partial charge in [0.05, 0.1) is 16.4 Å². The molecule has 0 atom stereocenters. The summed E-state index contributed by atoms with van der Waals surface area (Å²) in [5.74, 6) is 0.746. The van der Waals surface area contributed by atoms with Gasteiger partial charge in [-0.15, -0.1) is 0 Å². The minimum absolute atomic E-state index is 0.172. The third-order valence-corrected chi connectivity index (χ3v) is 5.86. The highest BCUT2D eigenvalue weighted by molar-refractivity contribution is 5.95. The van der Waals surface area contributed by atoms with Crippen molar-refractivity contribution in [3.8, 4) is 11.1 Å². The lowest BCUT2D eigenvalue weighted by Gasteiger charge is -2.45. The number of aromatic amines is 1. The number of nitrogens with zero attached hydrogens (tertiary/aromatic N) is 5. The lowest BCUT2D eigenvalue weighted by Crippen LogP contribution is -2.52. The zero-order valence-corrected chi connectivity index (χ0v) is 17.2. The van der Waals surface area contributed by atoms with Crippen LogP contribution in [0.3, 0.4) is 0 Å². The molecule has 1 aliphatic carbocycles. The average Bonchev–Trinajstić information content (AvgIpc) is 3.14. The summed E-state index contributed by atoms with van der Waals surface area (Å²) in [5, 5.41) is 4.31. The lowest BCUT2D eigenvalue weighted by atomic mass is 9.66. The van der Waals surface area contributed by atoms with Gasteiger partial charge in [0, 0.05) is 55.9 Å². The lowest BCUT2D eigenvalue weighted by molar-refractivity contribution is -0.143. The zero-order valence-electron chi connectivity index (χ0n) is 17.2. The summed E-state index contributed by atoms with van der Waals surface area (Å²) >= 11 is 0. The predicted molar refractivity (Wildman–Crippen MR) is 116 cm³/mol. The summed E-state index contributed by atoms with van der Waals surface area (Å²) in [6, 6.07) is 6.22. The maximum atomic E-state index is 12.3. The van der Waals surface area contributed by atoms with Crippen molar-refractivity contribution in [1.82, 2.24) is 29.8 Å². The van der Waals surface area contributed by atoms with Crippen LogP contribution in [-0.2, 0) is 4.79 Å². The largest absolute Gasteiger partial charge is 0.351 e. The number of benzene rings is 1. The van der Waals surface area contributed by atoms with Gasteiger partial charge in [-0.1, -0.05) is 13.0 Å². The standard InChI is InChI=1S/C22H23N7O/c1-22(20(30)29(2)3)9-14(10-22)27-21-26-12-16-15(11-25-19(16)28-21)13-4-5-17-18(8-13)24-7-6-23-17/h4-8,11-12,14H,9-10H2,1-3H3,(H2,25,26,27,28). The minimum atomic E-state index is -0.302. The van der Waals surface area contributed by atoms with Crippen molar-refractivity contribution < 1.29 is 4.79 Å². The number of fused-ring (bicyclic) bond motifs is 2. The smallest absolute Gasteiger partial charge is 0.228 e. The summed E-state index contributed by atoms with van der Waals surface area (Å²) in [6.45, 7) is 2.02. The van der Waals surface area contributed by atoms with Crippen molar-refractivity contribution in [2.75, 3.05) is 19.4 Å². The van der Waals surface area contributed by atoms with E-state index in [1.165, 1.54) is 0 Å². The molecule has 3 aromatic heterocycles.